The summed E-state index contributed by atoms with van der Waals surface area (Å²) < 4.78 is 39.8. The lowest BCUT2D eigenvalue weighted by Crippen LogP contribution is -2.15. The molecule has 0 unspecified atom stereocenters. The summed E-state index contributed by atoms with van der Waals surface area (Å²) in [6.07, 6.45) is 2.69. The van der Waals surface area contributed by atoms with Gasteiger partial charge in [0.05, 0.1) is 17.4 Å². The molecule has 0 aliphatic heterocycles. The number of anilines is 1. The second kappa shape index (κ2) is 5.25. The SMILES string of the molecule is O=C(O)c1ccc(F)c(S(=O)(=O)Nc2cccnc2)c1. The number of carboxylic acids is 1. The van der Waals surface area contributed by atoms with Gasteiger partial charge in [-0.2, -0.15) is 0 Å². The van der Waals surface area contributed by atoms with Gasteiger partial charge < -0.3 is 5.11 Å². The second-order valence-electron chi connectivity index (χ2n) is 3.80. The Balaban J connectivity index is 2.44. The molecule has 104 valence electrons. The lowest BCUT2D eigenvalue weighted by atomic mass is 10.2. The quantitative estimate of drug-likeness (QED) is 0.895. The van der Waals surface area contributed by atoms with Crippen LogP contribution in [0.4, 0.5) is 10.1 Å². The van der Waals surface area contributed by atoms with E-state index in [0.29, 0.717) is 0 Å². The van der Waals surface area contributed by atoms with Crippen molar-refractivity contribution in [3.63, 3.8) is 0 Å². The maximum Gasteiger partial charge on any atom is 0.335 e. The van der Waals surface area contributed by atoms with Crippen molar-refractivity contribution in [3.8, 4) is 0 Å². The monoisotopic (exact) mass is 296 g/mol. The van der Waals surface area contributed by atoms with Gasteiger partial charge in [0.15, 0.2) is 0 Å². The number of halogens is 1. The number of benzene rings is 1. The Labute approximate surface area is 114 Å². The zero-order valence-electron chi connectivity index (χ0n) is 9.95. The number of carboxylic acid groups (broad SMARTS) is 1. The predicted octanol–water partition coefficient (Wildman–Crippen LogP) is 1.72. The molecule has 1 aromatic heterocycles. The van der Waals surface area contributed by atoms with Crippen LogP contribution in [0.25, 0.3) is 0 Å². The van der Waals surface area contributed by atoms with Gasteiger partial charge in [-0.05, 0) is 30.3 Å². The van der Waals surface area contributed by atoms with Crippen LogP contribution in [0.3, 0.4) is 0 Å². The Kier molecular flexibility index (Phi) is 3.66. The fourth-order valence-corrected chi connectivity index (χ4v) is 2.62. The second-order valence-corrected chi connectivity index (χ2v) is 5.45. The number of rotatable bonds is 4. The molecule has 2 N–H and O–H groups in total. The van der Waals surface area contributed by atoms with E-state index in [-0.39, 0.29) is 11.3 Å². The first-order valence-corrected chi connectivity index (χ1v) is 6.84. The van der Waals surface area contributed by atoms with Crippen LogP contribution < -0.4 is 4.72 Å². The Morgan fingerprint density at radius 1 is 1.30 bits per heavy atom. The van der Waals surface area contributed by atoms with E-state index in [1.807, 2.05) is 0 Å². The zero-order chi connectivity index (χ0) is 14.8. The molecule has 0 bridgehead atoms. The molecule has 0 fully saturated rings. The normalized spacial score (nSPS) is 11.1. The van der Waals surface area contributed by atoms with Crippen molar-refractivity contribution >= 4 is 21.7 Å². The molecule has 1 aromatic carbocycles. The summed E-state index contributed by atoms with van der Waals surface area (Å²) in [5, 5.41) is 8.81. The standard InChI is InChI=1S/C12H9FN2O4S/c13-10-4-3-8(12(16)17)6-11(10)20(18,19)15-9-2-1-5-14-7-9/h1-7,15H,(H,16,17). The van der Waals surface area contributed by atoms with Gasteiger partial charge in [-0.3, -0.25) is 9.71 Å². The van der Waals surface area contributed by atoms with Gasteiger partial charge in [-0.15, -0.1) is 0 Å². The molecule has 0 spiro atoms. The topological polar surface area (TPSA) is 96.4 Å². The highest BCUT2D eigenvalue weighted by Gasteiger charge is 2.21. The van der Waals surface area contributed by atoms with Gasteiger partial charge >= 0.3 is 5.97 Å². The van der Waals surface area contributed by atoms with Crippen molar-refractivity contribution in [2.24, 2.45) is 0 Å². The largest absolute Gasteiger partial charge is 0.478 e. The average molecular weight is 296 g/mol. The van der Waals surface area contributed by atoms with Crippen LogP contribution in [0, 0.1) is 5.82 Å². The summed E-state index contributed by atoms with van der Waals surface area (Å²) >= 11 is 0. The molecule has 0 saturated heterocycles. The van der Waals surface area contributed by atoms with E-state index in [0.717, 1.165) is 18.2 Å². The van der Waals surface area contributed by atoms with Crippen LogP contribution in [-0.2, 0) is 10.0 Å². The maximum atomic E-state index is 13.6. The van der Waals surface area contributed by atoms with Crippen LogP contribution in [0.5, 0.6) is 0 Å². The highest BCUT2D eigenvalue weighted by atomic mass is 32.2. The minimum Gasteiger partial charge on any atom is -0.478 e. The zero-order valence-corrected chi connectivity index (χ0v) is 10.8. The number of carbonyl (C=O) groups is 1. The summed E-state index contributed by atoms with van der Waals surface area (Å²) in [7, 11) is -4.23. The van der Waals surface area contributed by atoms with E-state index in [1.165, 1.54) is 24.5 Å². The molecule has 0 aliphatic rings. The Hall–Kier alpha value is -2.48. The van der Waals surface area contributed by atoms with E-state index < -0.39 is 26.7 Å². The van der Waals surface area contributed by atoms with Crippen LogP contribution in [-0.4, -0.2) is 24.5 Å². The third kappa shape index (κ3) is 2.91. The summed E-state index contributed by atoms with van der Waals surface area (Å²) in [5.74, 6) is -2.38. The number of aromatic nitrogens is 1. The average Bonchev–Trinajstić information content (AvgIpc) is 2.39. The number of aromatic carboxylic acids is 1. The third-order valence-electron chi connectivity index (χ3n) is 2.38. The first-order valence-electron chi connectivity index (χ1n) is 5.36. The van der Waals surface area contributed by atoms with E-state index in [4.69, 9.17) is 5.11 Å². The van der Waals surface area contributed by atoms with Gasteiger partial charge in [0, 0.05) is 6.20 Å². The van der Waals surface area contributed by atoms with Gasteiger partial charge in [-0.1, -0.05) is 0 Å². The van der Waals surface area contributed by atoms with Gasteiger partial charge in [-0.25, -0.2) is 17.6 Å². The molecule has 0 aliphatic carbocycles. The van der Waals surface area contributed by atoms with Crippen LogP contribution in [0.1, 0.15) is 10.4 Å². The molecule has 0 saturated carbocycles. The van der Waals surface area contributed by atoms with Crippen LogP contribution >= 0.6 is 0 Å². The lowest BCUT2D eigenvalue weighted by molar-refractivity contribution is 0.0696. The molecule has 0 amide bonds. The molecule has 2 rings (SSSR count). The molecular formula is C12H9FN2O4S. The summed E-state index contributed by atoms with van der Waals surface area (Å²) in [5.41, 5.74) is -0.175. The Bertz CT molecular complexity index is 747. The third-order valence-corrected chi connectivity index (χ3v) is 3.78. The molecule has 6 nitrogen and oxygen atoms in total. The molecule has 0 radical (unpaired) electrons. The summed E-state index contributed by atoms with van der Waals surface area (Å²) in [6, 6.07) is 5.48. The first-order chi connectivity index (χ1) is 9.40. The highest BCUT2D eigenvalue weighted by Crippen LogP contribution is 2.19. The van der Waals surface area contributed by atoms with Crippen LogP contribution in [0.15, 0.2) is 47.6 Å². The number of hydrogen-bond donors (Lipinski definition) is 2. The van der Waals surface area contributed by atoms with Gasteiger partial charge in [0.25, 0.3) is 10.0 Å². The van der Waals surface area contributed by atoms with Crippen molar-refractivity contribution in [2.45, 2.75) is 4.90 Å². The van der Waals surface area contributed by atoms with Gasteiger partial charge in [0.1, 0.15) is 10.7 Å². The summed E-state index contributed by atoms with van der Waals surface area (Å²) in [4.78, 5) is 13.8. The molecule has 20 heavy (non-hydrogen) atoms. The van der Waals surface area contributed by atoms with Crippen molar-refractivity contribution in [1.29, 1.82) is 0 Å². The van der Waals surface area contributed by atoms with Crippen molar-refractivity contribution in [3.05, 3.63) is 54.1 Å². The lowest BCUT2D eigenvalue weighted by Gasteiger charge is -2.09. The van der Waals surface area contributed by atoms with E-state index in [9.17, 15) is 17.6 Å². The number of nitrogens with one attached hydrogen (secondary N) is 1. The molecular weight excluding hydrogens is 287 g/mol. The molecule has 2 aromatic rings. The Morgan fingerprint density at radius 2 is 2.05 bits per heavy atom. The first kappa shape index (κ1) is 13.9. The van der Waals surface area contributed by atoms with E-state index in [1.54, 1.807) is 0 Å². The van der Waals surface area contributed by atoms with Crippen LogP contribution in [0.2, 0.25) is 0 Å². The minimum absolute atomic E-state index is 0.146. The number of pyridine rings is 1. The predicted molar refractivity (Wildman–Crippen MR) is 68.4 cm³/mol. The van der Waals surface area contributed by atoms with E-state index >= 15 is 0 Å². The number of sulfonamides is 1. The van der Waals surface area contributed by atoms with Crippen molar-refractivity contribution in [1.82, 2.24) is 4.98 Å². The maximum absolute atomic E-state index is 13.6. The minimum atomic E-state index is -4.23. The Morgan fingerprint density at radius 3 is 2.65 bits per heavy atom. The smallest absolute Gasteiger partial charge is 0.335 e. The molecule has 0 atom stereocenters. The number of nitrogens with zero attached hydrogens (tertiary/aromatic N) is 1. The van der Waals surface area contributed by atoms with Crippen molar-refractivity contribution in [2.75, 3.05) is 4.72 Å². The number of hydrogen-bond acceptors (Lipinski definition) is 4. The molecule has 1 heterocycles. The fraction of sp³-hybridized carbons (Fsp3) is 0. The highest BCUT2D eigenvalue weighted by molar-refractivity contribution is 7.92. The van der Waals surface area contributed by atoms with Crippen molar-refractivity contribution < 1.29 is 22.7 Å². The van der Waals surface area contributed by atoms with E-state index in [2.05, 4.69) is 9.71 Å². The molecule has 8 heteroatoms. The summed E-state index contributed by atoms with van der Waals surface area (Å²) in [6.45, 7) is 0. The van der Waals surface area contributed by atoms with Gasteiger partial charge in [0.2, 0.25) is 0 Å². The fourth-order valence-electron chi connectivity index (χ4n) is 1.48.